The van der Waals surface area contributed by atoms with Gasteiger partial charge in [-0.05, 0) is 59.0 Å². The van der Waals surface area contributed by atoms with Crippen molar-refractivity contribution in [2.45, 2.75) is 11.3 Å². The fourth-order valence-electron chi connectivity index (χ4n) is 1.91. The van der Waals surface area contributed by atoms with Gasteiger partial charge in [-0.3, -0.25) is 9.10 Å². The monoisotopic (exact) mass is 431 g/mol. The number of rotatable bonds is 6. The number of carboxylic acid groups (broad SMARTS) is 1. The lowest BCUT2D eigenvalue weighted by atomic mass is 10.3. The van der Waals surface area contributed by atoms with E-state index in [9.17, 15) is 13.2 Å². The van der Waals surface area contributed by atoms with Crippen LogP contribution in [0.5, 0.6) is 0 Å². The van der Waals surface area contributed by atoms with Gasteiger partial charge >= 0.3 is 5.97 Å². The van der Waals surface area contributed by atoms with Crippen LogP contribution >= 0.6 is 22.6 Å². The van der Waals surface area contributed by atoms with Crippen LogP contribution in [-0.2, 0) is 14.8 Å². The molecule has 22 heavy (non-hydrogen) atoms. The quantitative estimate of drug-likeness (QED) is 0.714. The number of nitrogens with zero attached hydrogens (tertiary/aromatic N) is 1. The number of sulfonamides is 1. The summed E-state index contributed by atoms with van der Waals surface area (Å²) in [6.45, 7) is -0.118. The number of hydrogen-bond acceptors (Lipinski definition) is 3. The summed E-state index contributed by atoms with van der Waals surface area (Å²) in [7, 11) is -3.80. The minimum atomic E-state index is -3.80. The molecule has 116 valence electrons. The third-order valence-corrected chi connectivity index (χ3v) is 5.54. The normalized spacial score (nSPS) is 11.1. The molecule has 5 nitrogen and oxygen atoms in total. The van der Waals surface area contributed by atoms with E-state index in [1.54, 1.807) is 42.5 Å². The Balaban J connectivity index is 2.43. The lowest BCUT2D eigenvalue weighted by Gasteiger charge is -2.24. The molecular formula is C15H14INO4S. The van der Waals surface area contributed by atoms with Crippen LogP contribution in [0, 0.1) is 3.57 Å². The molecule has 0 aliphatic rings. The van der Waals surface area contributed by atoms with Gasteiger partial charge in [0.15, 0.2) is 0 Å². The van der Waals surface area contributed by atoms with E-state index in [4.69, 9.17) is 5.11 Å². The molecule has 0 aromatic heterocycles. The fourth-order valence-corrected chi connectivity index (χ4v) is 3.76. The van der Waals surface area contributed by atoms with Gasteiger partial charge in [0.05, 0.1) is 17.0 Å². The van der Waals surface area contributed by atoms with Gasteiger partial charge in [-0.15, -0.1) is 0 Å². The Morgan fingerprint density at radius 1 is 1.05 bits per heavy atom. The Bertz CT molecular complexity index is 745. The number of carboxylic acids is 1. The third-order valence-electron chi connectivity index (χ3n) is 2.97. The van der Waals surface area contributed by atoms with E-state index in [-0.39, 0.29) is 17.9 Å². The van der Waals surface area contributed by atoms with Crippen LogP contribution in [-0.4, -0.2) is 26.0 Å². The summed E-state index contributed by atoms with van der Waals surface area (Å²) in [6, 6.07) is 14.9. The van der Waals surface area contributed by atoms with Gasteiger partial charge in [0.2, 0.25) is 0 Å². The first-order valence-electron chi connectivity index (χ1n) is 6.46. The van der Waals surface area contributed by atoms with Crippen molar-refractivity contribution in [2.24, 2.45) is 0 Å². The molecule has 0 radical (unpaired) electrons. The lowest BCUT2D eigenvalue weighted by Crippen LogP contribution is -2.33. The average molecular weight is 431 g/mol. The maximum absolute atomic E-state index is 12.8. The molecule has 2 aromatic rings. The molecule has 7 heteroatoms. The van der Waals surface area contributed by atoms with Gasteiger partial charge < -0.3 is 5.11 Å². The zero-order valence-corrected chi connectivity index (χ0v) is 14.5. The van der Waals surface area contributed by atoms with Crippen LogP contribution < -0.4 is 4.31 Å². The van der Waals surface area contributed by atoms with Gasteiger partial charge in [-0.25, -0.2) is 8.42 Å². The molecule has 0 amide bonds. The highest BCUT2D eigenvalue weighted by atomic mass is 127. The van der Waals surface area contributed by atoms with Gasteiger partial charge in [0.1, 0.15) is 0 Å². The Labute approximate surface area is 142 Å². The maximum Gasteiger partial charge on any atom is 0.305 e. The summed E-state index contributed by atoms with van der Waals surface area (Å²) in [6.07, 6.45) is -0.266. The number of halogens is 1. The molecule has 0 fully saturated rings. The second-order valence-corrected chi connectivity index (χ2v) is 7.62. The lowest BCUT2D eigenvalue weighted by molar-refractivity contribution is -0.136. The van der Waals surface area contributed by atoms with Crippen molar-refractivity contribution in [1.82, 2.24) is 0 Å². The number of anilines is 1. The van der Waals surface area contributed by atoms with Gasteiger partial charge in [0, 0.05) is 10.1 Å². The van der Waals surface area contributed by atoms with Crippen molar-refractivity contribution < 1.29 is 18.3 Å². The molecule has 1 N–H and O–H groups in total. The molecule has 0 aliphatic carbocycles. The maximum atomic E-state index is 12.8. The van der Waals surface area contributed by atoms with Gasteiger partial charge in [-0.2, -0.15) is 0 Å². The van der Waals surface area contributed by atoms with Crippen LogP contribution in [0.3, 0.4) is 0 Å². The Hall–Kier alpha value is -1.61. The van der Waals surface area contributed by atoms with E-state index in [0.29, 0.717) is 5.69 Å². The van der Waals surface area contributed by atoms with Crippen molar-refractivity contribution >= 4 is 44.3 Å². The molecule has 2 aromatic carbocycles. The molecule has 2 rings (SSSR count). The van der Waals surface area contributed by atoms with Crippen molar-refractivity contribution in [3.63, 3.8) is 0 Å². The standard InChI is InChI=1S/C15H14INO4S/c16-12-6-8-13(9-7-12)17(11-10-15(18)19)22(20,21)14-4-2-1-3-5-14/h1-9H,10-11H2,(H,18,19). The first-order valence-corrected chi connectivity index (χ1v) is 8.98. The molecule has 0 saturated heterocycles. The highest BCUT2D eigenvalue weighted by molar-refractivity contribution is 14.1. The summed E-state index contributed by atoms with van der Waals surface area (Å²) in [5.41, 5.74) is 0.450. The highest BCUT2D eigenvalue weighted by Gasteiger charge is 2.25. The predicted octanol–water partition coefficient (Wildman–Crippen LogP) is 2.96. The van der Waals surface area contributed by atoms with Crippen molar-refractivity contribution in [3.05, 3.63) is 58.2 Å². The van der Waals surface area contributed by atoms with E-state index in [0.717, 1.165) is 7.88 Å². The first-order chi connectivity index (χ1) is 10.4. The number of hydrogen-bond donors (Lipinski definition) is 1. The molecule has 0 unspecified atom stereocenters. The van der Waals surface area contributed by atoms with E-state index < -0.39 is 16.0 Å². The molecule has 0 atom stereocenters. The summed E-state index contributed by atoms with van der Waals surface area (Å²) < 4.78 is 27.6. The number of carbonyl (C=O) groups is 1. The van der Waals surface area contributed by atoms with Crippen molar-refractivity contribution in [1.29, 1.82) is 0 Å². The summed E-state index contributed by atoms with van der Waals surface area (Å²) in [5, 5.41) is 8.87. The molecule has 0 bridgehead atoms. The zero-order chi connectivity index (χ0) is 16.2. The van der Waals surface area contributed by atoms with Gasteiger partial charge in [0.25, 0.3) is 10.0 Å². The third kappa shape index (κ3) is 3.98. The Morgan fingerprint density at radius 2 is 1.64 bits per heavy atom. The average Bonchev–Trinajstić information content (AvgIpc) is 2.49. The molecule has 0 heterocycles. The molecule has 0 saturated carbocycles. The van der Waals surface area contributed by atoms with Crippen molar-refractivity contribution in [2.75, 3.05) is 10.8 Å². The second kappa shape index (κ2) is 7.10. The smallest absolute Gasteiger partial charge is 0.305 e. The minimum Gasteiger partial charge on any atom is -0.481 e. The minimum absolute atomic E-state index is 0.118. The second-order valence-electron chi connectivity index (χ2n) is 4.51. The van der Waals surface area contributed by atoms with Crippen LogP contribution in [0.2, 0.25) is 0 Å². The summed E-state index contributed by atoms with van der Waals surface area (Å²) >= 11 is 2.12. The fraction of sp³-hybridized carbons (Fsp3) is 0.133. The molecule has 0 spiro atoms. The first kappa shape index (κ1) is 16.8. The predicted molar refractivity (Wildman–Crippen MR) is 92.4 cm³/mol. The van der Waals surface area contributed by atoms with Crippen LogP contribution in [0.1, 0.15) is 6.42 Å². The highest BCUT2D eigenvalue weighted by Crippen LogP contribution is 2.24. The SMILES string of the molecule is O=C(O)CCN(c1ccc(I)cc1)S(=O)(=O)c1ccccc1. The van der Waals surface area contributed by atoms with Crippen molar-refractivity contribution in [3.8, 4) is 0 Å². The van der Waals surface area contributed by atoms with Crippen LogP contribution in [0.15, 0.2) is 59.5 Å². The number of benzene rings is 2. The molecule has 0 aliphatic heterocycles. The summed E-state index contributed by atoms with van der Waals surface area (Å²) in [5.74, 6) is -1.04. The zero-order valence-electron chi connectivity index (χ0n) is 11.5. The molecular weight excluding hydrogens is 417 g/mol. The Morgan fingerprint density at radius 3 is 2.18 bits per heavy atom. The van der Waals surface area contributed by atoms with E-state index in [1.807, 2.05) is 0 Å². The van der Waals surface area contributed by atoms with Crippen LogP contribution in [0.4, 0.5) is 5.69 Å². The Kier molecular flexibility index (Phi) is 5.41. The van der Waals surface area contributed by atoms with Crippen LogP contribution in [0.25, 0.3) is 0 Å². The summed E-state index contributed by atoms with van der Waals surface area (Å²) in [4.78, 5) is 11.0. The topological polar surface area (TPSA) is 74.7 Å². The van der Waals surface area contributed by atoms with E-state index >= 15 is 0 Å². The van der Waals surface area contributed by atoms with E-state index in [1.165, 1.54) is 12.1 Å². The van der Waals surface area contributed by atoms with E-state index in [2.05, 4.69) is 22.6 Å². The number of aliphatic carboxylic acids is 1. The largest absolute Gasteiger partial charge is 0.481 e. The van der Waals surface area contributed by atoms with Gasteiger partial charge in [-0.1, -0.05) is 18.2 Å².